The van der Waals surface area contributed by atoms with E-state index in [1.54, 1.807) is 24.0 Å². The third kappa shape index (κ3) is 4.35. The third-order valence-corrected chi connectivity index (χ3v) is 10.2. The molecule has 40 heavy (non-hydrogen) atoms. The summed E-state index contributed by atoms with van der Waals surface area (Å²) in [5, 5.41) is 19.1. The fraction of sp³-hybridized carbons (Fsp3) is 0.621. The largest absolute Gasteiger partial charge is 0.485 e. The molecule has 6 rings (SSSR count). The number of rotatable bonds is 6. The maximum atomic E-state index is 14.4. The lowest BCUT2D eigenvalue weighted by Gasteiger charge is -2.47. The molecule has 3 fully saturated rings. The van der Waals surface area contributed by atoms with Crippen molar-refractivity contribution in [3.8, 4) is 5.75 Å². The van der Waals surface area contributed by atoms with E-state index in [9.17, 15) is 19.5 Å². The van der Waals surface area contributed by atoms with Crippen LogP contribution in [0.25, 0.3) is 0 Å². The summed E-state index contributed by atoms with van der Waals surface area (Å²) in [5.74, 6) is 0.136. The highest BCUT2D eigenvalue weighted by atomic mass is 35.5. The molecule has 2 amide bonds. The third-order valence-electron chi connectivity index (χ3n) is 9.84. The van der Waals surface area contributed by atoms with Gasteiger partial charge in [-0.3, -0.25) is 14.4 Å². The number of aromatic nitrogens is 3. The molecule has 0 radical (unpaired) electrons. The standard InChI is InChI=1S/C29H36ClN5O5/c1-17-31-32-22(33(17)3)15-40-21-8-7-20(30)18-9-13-34(26(37)19-6-4-5-10-28(19,2)27(38)39)25(24(18)21)35-16-29(11-12-29)14-23(35)36/h7-8,19,25H,4-6,9-16H2,1-3H3,(H,38,39)/t19-,25+,28-/m0/s1. The molecule has 3 heterocycles. The Kier molecular flexibility index (Phi) is 6.59. The van der Waals surface area contributed by atoms with E-state index in [0.717, 1.165) is 37.1 Å². The van der Waals surface area contributed by atoms with E-state index in [2.05, 4.69) is 10.2 Å². The molecule has 10 nitrogen and oxygen atoms in total. The number of benzene rings is 1. The van der Waals surface area contributed by atoms with E-state index in [-0.39, 0.29) is 23.8 Å². The number of nitrogens with zero attached hydrogens (tertiary/aromatic N) is 5. The number of likely N-dealkylation sites (tertiary alicyclic amines) is 1. The Bertz CT molecular complexity index is 1390. The maximum Gasteiger partial charge on any atom is 0.310 e. The molecule has 1 N–H and O–H groups in total. The van der Waals surface area contributed by atoms with Gasteiger partial charge < -0.3 is 24.2 Å². The van der Waals surface area contributed by atoms with Gasteiger partial charge in [0.2, 0.25) is 11.8 Å². The van der Waals surface area contributed by atoms with Gasteiger partial charge in [-0.1, -0.05) is 24.4 Å². The number of carbonyl (C=O) groups excluding carboxylic acids is 2. The molecule has 214 valence electrons. The van der Waals surface area contributed by atoms with Gasteiger partial charge in [0.25, 0.3) is 0 Å². The highest BCUT2D eigenvalue weighted by Crippen LogP contribution is 2.56. The molecule has 2 aromatic rings. The summed E-state index contributed by atoms with van der Waals surface area (Å²) in [6, 6.07) is 3.59. The Morgan fingerprint density at radius 1 is 1.20 bits per heavy atom. The lowest BCUT2D eigenvalue weighted by atomic mass is 9.66. The van der Waals surface area contributed by atoms with Crippen molar-refractivity contribution in [3.05, 3.63) is 39.9 Å². The number of carbonyl (C=O) groups is 3. The molecule has 1 spiro atoms. The predicted molar refractivity (Wildman–Crippen MR) is 145 cm³/mol. The Hall–Kier alpha value is -3.14. The van der Waals surface area contributed by atoms with Gasteiger partial charge in [-0.25, -0.2) is 0 Å². The molecule has 1 aromatic heterocycles. The van der Waals surface area contributed by atoms with Gasteiger partial charge in [0, 0.05) is 37.1 Å². The summed E-state index contributed by atoms with van der Waals surface area (Å²) in [5.41, 5.74) is 0.393. The van der Waals surface area contributed by atoms with E-state index in [0.29, 0.717) is 60.9 Å². The lowest BCUT2D eigenvalue weighted by molar-refractivity contribution is -0.165. The number of aryl methyl sites for hydroxylation is 1. The summed E-state index contributed by atoms with van der Waals surface area (Å²) in [4.78, 5) is 43.9. The highest BCUT2D eigenvalue weighted by Gasteiger charge is 2.56. The second-order valence-corrected chi connectivity index (χ2v) is 12.7. The number of hydrogen-bond donors (Lipinski definition) is 1. The molecule has 2 aliphatic carbocycles. The molecule has 4 aliphatic rings. The zero-order valence-corrected chi connectivity index (χ0v) is 24.0. The van der Waals surface area contributed by atoms with Crippen molar-refractivity contribution in [2.45, 2.75) is 78.0 Å². The number of amides is 2. The number of fused-ring (bicyclic) bond motifs is 1. The van der Waals surface area contributed by atoms with Crippen LogP contribution in [0.3, 0.4) is 0 Å². The van der Waals surface area contributed by atoms with Crippen molar-refractivity contribution in [1.82, 2.24) is 24.6 Å². The van der Waals surface area contributed by atoms with E-state index < -0.39 is 23.5 Å². The average molecular weight is 570 g/mol. The Labute approximate surface area is 238 Å². The van der Waals surface area contributed by atoms with Crippen molar-refractivity contribution >= 4 is 29.4 Å². The van der Waals surface area contributed by atoms with Gasteiger partial charge in [0.1, 0.15) is 24.3 Å². The van der Waals surface area contributed by atoms with Gasteiger partial charge in [-0.15, -0.1) is 10.2 Å². The number of carboxylic acid groups (broad SMARTS) is 1. The average Bonchev–Trinajstić information content (AvgIpc) is 3.50. The first kappa shape index (κ1) is 27.1. The first-order valence-corrected chi connectivity index (χ1v) is 14.5. The van der Waals surface area contributed by atoms with E-state index >= 15 is 0 Å². The van der Waals surface area contributed by atoms with Crippen LogP contribution in [0.15, 0.2) is 12.1 Å². The van der Waals surface area contributed by atoms with Crippen LogP contribution in [-0.4, -0.2) is 60.5 Å². The monoisotopic (exact) mass is 569 g/mol. The number of aliphatic carboxylic acids is 1. The van der Waals surface area contributed by atoms with Crippen molar-refractivity contribution in [3.63, 3.8) is 0 Å². The van der Waals surface area contributed by atoms with Crippen LogP contribution in [0.4, 0.5) is 0 Å². The molecule has 2 aliphatic heterocycles. The summed E-state index contributed by atoms with van der Waals surface area (Å²) in [6.45, 7) is 4.63. The summed E-state index contributed by atoms with van der Waals surface area (Å²) in [6.07, 6.45) is 4.78. The molecule has 11 heteroatoms. The fourth-order valence-electron chi connectivity index (χ4n) is 6.91. The molecule has 0 bridgehead atoms. The minimum absolute atomic E-state index is 0.00708. The summed E-state index contributed by atoms with van der Waals surface area (Å²) >= 11 is 6.73. The molecule has 1 saturated heterocycles. The molecule has 3 atom stereocenters. The summed E-state index contributed by atoms with van der Waals surface area (Å²) < 4.78 is 8.19. The first-order chi connectivity index (χ1) is 19.0. The zero-order chi connectivity index (χ0) is 28.4. The second kappa shape index (κ2) is 9.75. The van der Waals surface area contributed by atoms with Crippen molar-refractivity contribution < 1.29 is 24.2 Å². The van der Waals surface area contributed by atoms with Crippen molar-refractivity contribution in [2.24, 2.45) is 23.8 Å². The van der Waals surface area contributed by atoms with Crippen LogP contribution in [0.1, 0.15) is 80.8 Å². The van der Waals surface area contributed by atoms with E-state index in [1.807, 2.05) is 23.4 Å². The Morgan fingerprint density at radius 3 is 2.62 bits per heavy atom. The Balaban J connectivity index is 1.42. The number of ether oxygens (including phenoxy) is 1. The van der Waals surface area contributed by atoms with Crippen molar-refractivity contribution in [2.75, 3.05) is 13.1 Å². The van der Waals surface area contributed by atoms with Gasteiger partial charge in [-0.2, -0.15) is 0 Å². The normalized spacial score (nSPS) is 27.1. The zero-order valence-electron chi connectivity index (χ0n) is 23.3. The van der Waals surface area contributed by atoms with Crippen LogP contribution >= 0.6 is 11.6 Å². The van der Waals surface area contributed by atoms with Crippen LogP contribution < -0.4 is 4.74 Å². The van der Waals surface area contributed by atoms with Gasteiger partial charge in [-0.05, 0) is 69.1 Å². The number of halogens is 1. The first-order valence-electron chi connectivity index (χ1n) is 14.2. The quantitative estimate of drug-likeness (QED) is 0.558. The van der Waals surface area contributed by atoms with E-state index in [1.165, 1.54) is 0 Å². The van der Waals surface area contributed by atoms with Crippen LogP contribution in [0.5, 0.6) is 5.75 Å². The minimum Gasteiger partial charge on any atom is -0.485 e. The summed E-state index contributed by atoms with van der Waals surface area (Å²) in [7, 11) is 1.87. The predicted octanol–water partition coefficient (Wildman–Crippen LogP) is 4.03. The molecule has 0 unspecified atom stereocenters. The topological polar surface area (TPSA) is 118 Å². The Morgan fingerprint density at radius 2 is 1.98 bits per heavy atom. The second-order valence-electron chi connectivity index (χ2n) is 12.3. The number of carboxylic acids is 1. The smallest absolute Gasteiger partial charge is 0.310 e. The van der Waals surface area contributed by atoms with Crippen LogP contribution in [0.2, 0.25) is 5.02 Å². The fourth-order valence-corrected chi connectivity index (χ4v) is 7.17. The van der Waals surface area contributed by atoms with Gasteiger partial charge in [0.05, 0.1) is 11.3 Å². The van der Waals surface area contributed by atoms with Crippen LogP contribution in [-0.2, 0) is 34.5 Å². The SMILES string of the molecule is Cc1nnc(COc2ccc(Cl)c3c2[C@@H](N2CC4(CC4)CC2=O)N(C(=O)[C@@H]2CCCC[C@]2(C)C(=O)O)CC3)n1C. The van der Waals surface area contributed by atoms with E-state index in [4.69, 9.17) is 16.3 Å². The molecular formula is C29H36ClN5O5. The van der Waals surface area contributed by atoms with Crippen LogP contribution in [0, 0.1) is 23.7 Å². The molecular weight excluding hydrogens is 534 g/mol. The lowest BCUT2D eigenvalue weighted by Crippen LogP contribution is -2.54. The van der Waals surface area contributed by atoms with Gasteiger partial charge in [0.15, 0.2) is 5.82 Å². The molecule has 1 aromatic carbocycles. The minimum atomic E-state index is -1.15. The van der Waals surface area contributed by atoms with Gasteiger partial charge >= 0.3 is 5.97 Å². The number of hydrogen-bond acceptors (Lipinski definition) is 6. The highest BCUT2D eigenvalue weighted by molar-refractivity contribution is 6.31. The maximum absolute atomic E-state index is 14.4. The van der Waals surface area contributed by atoms with Crippen molar-refractivity contribution in [1.29, 1.82) is 0 Å². The molecule has 2 saturated carbocycles.